The number of aryl methyl sites for hydroxylation is 2. The average molecular weight is 460 g/mol. The Labute approximate surface area is 188 Å². The van der Waals surface area contributed by atoms with Crippen molar-refractivity contribution >= 4 is 28.6 Å². The normalized spacial score (nSPS) is 14.4. The standard InChI is InChI=1S/C22H23F3N6O2/c1-14-18-12-16(13-27-20(18)30-21(28-14)31-10-8-26-9-11-31)29-19(32)7-4-15-2-5-17(6-3-15)33-22(23,24)25/h2-3,5-6,12-13,26H,4,7-11H2,1H3,(H,29,32). The van der Waals surface area contributed by atoms with E-state index in [2.05, 4.69) is 35.2 Å². The van der Waals surface area contributed by atoms with Gasteiger partial charge in [0.1, 0.15) is 5.75 Å². The highest BCUT2D eigenvalue weighted by molar-refractivity contribution is 5.93. The number of amides is 1. The summed E-state index contributed by atoms with van der Waals surface area (Å²) in [5.41, 5.74) is 2.59. The third-order valence-corrected chi connectivity index (χ3v) is 5.21. The van der Waals surface area contributed by atoms with Crippen molar-refractivity contribution in [2.45, 2.75) is 26.1 Å². The molecule has 1 aliphatic rings. The lowest BCUT2D eigenvalue weighted by atomic mass is 10.1. The molecule has 1 aliphatic heterocycles. The number of rotatable bonds is 6. The van der Waals surface area contributed by atoms with Crippen molar-refractivity contribution in [3.8, 4) is 5.75 Å². The minimum absolute atomic E-state index is 0.162. The van der Waals surface area contributed by atoms with Crippen LogP contribution in [0, 0.1) is 6.92 Å². The summed E-state index contributed by atoms with van der Waals surface area (Å²) in [6.07, 6.45) is -2.65. The lowest BCUT2D eigenvalue weighted by Crippen LogP contribution is -2.44. The molecular weight excluding hydrogens is 437 g/mol. The Kier molecular flexibility index (Phi) is 6.59. The van der Waals surface area contributed by atoms with E-state index in [1.807, 2.05) is 6.92 Å². The first-order valence-corrected chi connectivity index (χ1v) is 10.5. The quantitative estimate of drug-likeness (QED) is 0.584. The van der Waals surface area contributed by atoms with Crippen molar-refractivity contribution in [3.05, 3.63) is 47.8 Å². The van der Waals surface area contributed by atoms with Gasteiger partial charge in [0.25, 0.3) is 0 Å². The van der Waals surface area contributed by atoms with E-state index in [1.165, 1.54) is 24.3 Å². The zero-order valence-electron chi connectivity index (χ0n) is 17.9. The molecule has 8 nitrogen and oxygen atoms in total. The SMILES string of the molecule is Cc1nc(N2CCNCC2)nc2ncc(NC(=O)CCc3ccc(OC(F)(F)F)cc3)cc12. The van der Waals surface area contributed by atoms with Gasteiger partial charge in [0, 0.05) is 38.0 Å². The van der Waals surface area contributed by atoms with Crippen LogP contribution in [0.3, 0.4) is 0 Å². The lowest BCUT2D eigenvalue weighted by molar-refractivity contribution is -0.274. The van der Waals surface area contributed by atoms with Crippen LogP contribution in [0.15, 0.2) is 36.5 Å². The van der Waals surface area contributed by atoms with Gasteiger partial charge >= 0.3 is 6.36 Å². The van der Waals surface area contributed by atoms with Crippen LogP contribution < -0.4 is 20.3 Å². The Morgan fingerprint density at radius 2 is 1.91 bits per heavy atom. The van der Waals surface area contributed by atoms with Gasteiger partial charge in [-0.1, -0.05) is 12.1 Å². The maximum Gasteiger partial charge on any atom is 0.573 e. The zero-order chi connectivity index (χ0) is 23.4. The highest BCUT2D eigenvalue weighted by atomic mass is 19.4. The molecule has 0 atom stereocenters. The molecule has 1 aromatic carbocycles. The first-order valence-electron chi connectivity index (χ1n) is 10.5. The van der Waals surface area contributed by atoms with E-state index in [4.69, 9.17) is 0 Å². The van der Waals surface area contributed by atoms with Gasteiger partial charge in [0.05, 0.1) is 17.6 Å². The Morgan fingerprint density at radius 1 is 1.18 bits per heavy atom. The maximum atomic E-state index is 12.4. The molecule has 3 heterocycles. The molecule has 2 N–H and O–H groups in total. The first kappa shape index (κ1) is 22.7. The zero-order valence-corrected chi connectivity index (χ0v) is 17.9. The molecule has 0 bridgehead atoms. The minimum atomic E-state index is -4.73. The van der Waals surface area contributed by atoms with Gasteiger partial charge in [0.2, 0.25) is 11.9 Å². The number of anilines is 2. The van der Waals surface area contributed by atoms with E-state index in [0.717, 1.165) is 42.8 Å². The summed E-state index contributed by atoms with van der Waals surface area (Å²) < 4.78 is 40.6. The lowest BCUT2D eigenvalue weighted by Gasteiger charge is -2.27. The van der Waals surface area contributed by atoms with Crippen LogP contribution in [-0.2, 0) is 11.2 Å². The van der Waals surface area contributed by atoms with E-state index in [9.17, 15) is 18.0 Å². The molecule has 11 heteroatoms. The molecule has 1 amide bonds. The molecule has 33 heavy (non-hydrogen) atoms. The van der Waals surface area contributed by atoms with Crippen molar-refractivity contribution in [2.75, 3.05) is 36.4 Å². The predicted octanol–water partition coefficient (Wildman–Crippen LogP) is 3.21. The van der Waals surface area contributed by atoms with Gasteiger partial charge in [-0.25, -0.2) is 9.97 Å². The summed E-state index contributed by atoms with van der Waals surface area (Å²) >= 11 is 0. The maximum absolute atomic E-state index is 12.4. The average Bonchev–Trinajstić information content (AvgIpc) is 2.78. The number of alkyl halides is 3. The third-order valence-electron chi connectivity index (χ3n) is 5.21. The van der Waals surface area contributed by atoms with Crippen LogP contribution in [-0.4, -0.2) is 53.4 Å². The molecule has 174 valence electrons. The second kappa shape index (κ2) is 9.57. The van der Waals surface area contributed by atoms with Crippen LogP contribution in [0.4, 0.5) is 24.8 Å². The van der Waals surface area contributed by atoms with Crippen LogP contribution in [0.25, 0.3) is 11.0 Å². The van der Waals surface area contributed by atoms with Crippen molar-refractivity contribution in [3.63, 3.8) is 0 Å². The second-order valence-electron chi connectivity index (χ2n) is 7.68. The Balaban J connectivity index is 1.37. The van der Waals surface area contributed by atoms with Crippen molar-refractivity contribution in [1.29, 1.82) is 0 Å². The van der Waals surface area contributed by atoms with E-state index in [-0.39, 0.29) is 18.1 Å². The fraction of sp³-hybridized carbons (Fsp3) is 0.364. The number of pyridine rings is 1. The number of nitrogens with one attached hydrogen (secondary N) is 2. The number of piperazine rings is 1. The molecule has 1 saturated heterocycles. The Hall–Kier alpha value is -3.47. The van der Waals surface area contributed by atoms with E-state index in [0.29, 0.717) is 23.7 Å². The number of ether oxygens (including phenoxy) is 1. The van der Waals surface area contributed by atoms with E-state index >= 15 is 0 Å². The molecule has 1 fully saturated rings. The number of fused-ring (bicyclic) bond motifs is 1. The molecule has 2 aromatic heterocycles. The number of halogens is 3. The van der Waals surface area contributed by atoms with Gasteiger partial charge in [-0.3, -0.25) is 4.79 Å². The number of carbonyl (C=O) groups is 1. The van der Waals surface area contributed by atoms with Gasteiger partial charge in [-0.2, -0.15) is 4.98 Å². The topological polar surface area (TPSA) is 92.3 Å². The van der Waals surface area contributed by atoms with Crippen LogP contribution in [0.2, 0.25) is 0 Å². The largest absolute Gasteiger partial charge is 0.573 e. The summed E-state index contributed by atoms with van der Waals surface area (Å²) in [6.45, 7) is 5.30. The van der Waals surface area contributed by atoms with Crippen molar-refractivity contribution in [1.82, 2.24) is 20.3 Å². The summed E-state index contributed by atoms with van der Waals surface area (Å²) in [4.78, 5) is 28.0. The van der Waals surface area contributed by atoms with Gasteiger partial charge in [-0.05, 0) is 37.1 Å². The van der Waals surface area contributed by atoms with Crippen LogP contribution in [0.1, 0.15) is 17.7 Å². The van der Waals surface area contributed by atoms with E-state index in [1.54, 1.807) is 12.3 Å². The summed E-state index contributed by atoms with van der Waals surface area (Å²) in [7, 11) is 0. The number of benzene rings is 1. The monoisotopic (exact) mass is 460 g/mol. The van der Waals surface area contributed by atoms with E-state index < -0.39 is 6.36 Å². The predicted molar refractivity (Wildman–Crippen MR) is 117 cm³/mol. The number of carbonyl (C=O) groups excluding carboxylic acids is 1. The number of hydrogen-bond donors (Lipinski definition) is 2. The summed E-state index contributed by atoms with van der Waals surface area (Å²) in [5, 5.41) is 6.85. The smallest absolute Gasteiger partial charge is 0.406 e. The minimum Gasteiger partial charge on any atom is -0.406 e. The molecule has 0 aliphatic carbocycles. The van der Waals surface area contributed by atoms with Crippen molar-refractivity contribution < 1.29 is 22.7 Å². The molecule has 0 saturated carbocycles. The summed E-state index contributed by atoms with van der Waals surface area (Å²) in [5.74, 6) is 0.121. The Bertz CT molecular complexity index is 1130. The third kappa shape index (κ3) is 6.07. The molecule has 0 radical (unpaired) electrons. The van der Waals surface area contributed by atoms with Gasteiger partial charge < -0.3 is 20.3 Å². The van der Waals surface area contributed by atoms with Gasteiger partial charge in [0.15, 0.2) is 5.65 Å². The molecule has 3 aromatic rings. The second-order valence-corrected chi connectivity index (χ2v) is 7.68. The van der Waals surface area contributed by atoms with Crippen LogP contribution in [0.5, 0.6) is 5.75 Å². The molecule has 4 rings (SSSR count). The number of hydrogen-bond acceptors (Lipinski definition) is 7. The van der Waals surface area contributed by atoms with Gasteiger partial charge in [-0.15, -0.1) is 13.2 Å². The number of aromatic nitrogens is 3. The summed E-state index contributed by atoms with van der Waals surface area (Å²) in [6, 6.07) is 7.25. The van der Waals surface area contributed by atoms with Crippen LogP contribution >= 0.6 is 0 Å². The van der Waals surface area contributed by atoms with Crippen molar-refractivity contribution in [2.24, 2.45) is 0 Å². The number of nitrogens with zero attached hydrogens (tertiary/aromatic N) is 4. The first-order chi connectivity index (χ1) is 15.8. The fourth-order valence-electron chi connectivity index (χ4n) is 3.56. The fourth-order valence-corrected chi connectivity index (χ4v) is 3.56. The Morgan fingerprint density at radius 3 is 2.61 bits per heavy atom. The molecule has 0 spiro atoms. The molecule has 0 unspecified atom stereocenters. The highest BCUT2D eigenvalue weighted by Crippen LogP contribution is 2.24. The molecular formula is C22H23F3N6O2. The highest BCUT2D eigenvalue weighted by Gasteiger charge is 2.30.